The quantitative estimate of drug-likeness (QED) is 0.0933. The molecule has 1 aromatic heterocycles. The first-order chi connectivity index (χ1) is 23.8. The Hall–Kier alpha value is -7.00. The van der Waals surface area contributed by atoms with Crippen LogP contribution in [0.1, 0.15) is 21.6 Å². The number of amides is 1. The maximum atomic E-state index is 14.9. The van der Waals surface area contributed by atoms with Crippen molar-refractivity contribution in [3.05, 3.63) is 118 Å². The molecule has 1 fully saturated rings. The molecule has 0 saturated carbocycles. The molecule has 22 heteroatoms. The van der Waals surface area contributed by atoms with Crippen LogP contribution in [0.5, 0.6) is 11.5 Å². The van der Waals surface area contributed by atoms with Crippen LogP contribution in [-0.2, 0) is 6.42 Å². The number of nitrogens with one attached hydrogen (secondary N) is 2. The minimum absolute atomic E-state index is 0.0240. The second-order valence-corrected chi connectivity index (χ2v) is 10.8. The van der Waals surface area contributed by atoms with Gasteiger partial charge in [0.15, 0.2) is 0 Å². The number of carbonyl (C=O) groups excluding carboxylic acids is 1. The van der Waals surface area contributed by atoms with Gasteiger partial charge in [0.05, 0.1) is 69.1 Å². The number of benzene rings is 3. The van der Waals surface area contributed by atoms with Crippen molar-refractivity contribution < 1.29 is 38.7 Å². The maximum Gasteiger partial charge on any atom is 0.321 e. The fourth-order valence-electron chi connectivity index (χ4n) is 4.87. The van der Waals surface area contributed by atoms with Gasteiger partial charge in [-0.05, 0) is 23.8 Å². The minimum Gasteiger partial charge on any atom is -0.569 e. The van der Waals surface area contributed by atoms with E-state index in [-0.39, 0.29) is 53.7 Å². The molecular formula is C28H27FN11O10+. The number of carbonyl (C=O) groups is 1. The maximum absolute atomic E-state index is 14.9. The summed E-state index contributed by atoms with van der Waals surface area (Å²) in [6.07, 6.45) is 0.199. The van der Waals surface area contributed by atoms with Crippen molar-refractivity contribution in [2.24, 2.45) is 5.28 Å². The highest BCUT2D eigenvalue weighted by atomic mass is 19.1. The summed E-state index contributed by atoms with van der Waals surface area (Å²) in [6, 6.07) is 12.1. The van der Waals surface area contributed by atoms with E-state index in [1.807, 2.05) is 5.59 Å². The largest absolute Gasteiger partial charge is 0.569 e. The number of halogens is 1. The van der Waals surface area contributed by atoms with Gasteiger partial charge in [-0.1, -0.05) is 24.3 Å². The smallest absolute Gasteiger partial charge is 0.321 e. The van der Waals surface area contributed by atoms with Gasteiger partial charge in [-0.3, -0.25) is 34.7 Å². The standard InChI is InChI=1S/C28H26FN11O10/c1-34(2)39(47)32-49-25-16-26(24(38(45)46)15-23(25)37(43)44)50-33-40(48)36-11-9-35(10-12-36)28(42)20-13-17(7-8-21(20)29)14-22-18-5-3-4-6-19(18)27(41)31-30-22/h3-8,13,15-16H,9-12,14H2,1-2H3,(H-,31,33,41,48)/p+1/b39-32-. The molecule has 0 aliphatic carbocycles. The van der Waals surface area contributed by atoms with Gasteiger partial charge in [-0.15, -0.1) is 5.01 Å². The number of rotatable bonds is 12. The molecule has 260 valence electrons. The Morgan fingerprint density at radius 3 is 2.30 bits per heavy atom. The molecule has 1 aliphatic heterocycles. The first-order valence-electron chi connectivity index (χ1n) is 14.5. The Morgan fingerprint density at radius 1 is 0.980 bits per heavy atom. The van der Waals surface area contributed by atoms with Gasteiger partial charge in [0.2, 0.25) is 16.8 Å². The van der Waals surface area contributed by atoms with E-state index in [1.54, 1.807) is 24.3 Å². The number of aromatic nitrogens is 2. The Bertz CT molecular complexity index is 2080. The van der Waals surface area contributed by atoms with Crippen LogP contribution in [0.15, 0.2) is 64.7 Å². The first-order valence-corrected chi connectivity index (χ1v) is 14.5. The number of nitro groups is 2. The third kappa shape index (κ3) is 7.42. The molecule has 4 aromatic rings. The minimum atomic E-state index is -1.01. The monoisotopic (exact) mass is 696 g/mol. The van der Waals surface area contributed by atoms with Gasteiger partial charge in [0.25, 0.3) is 16.4 Å². The molecule has 5 rings (SSSR count). The molecule has 1 saturated heterocycles. The summed E-state index contributed by atoms with van der Waals surface area (Å²) in [4.78, 5) is 70.5. The lowest BCUT2D eigenvalue weighted by Gasteiger charge is -2.29. The highest BCUT2D eigenvalue weighted by molar-refractivity contribution is 5.95. The lowest BCUT2D eigenvalue weighted by molar-refractivity contribution is -0.782. The third-order valence-electron chi connectivity index (χ3n) is 7.43. The van der Waals surface area contributed by atoms with Crippen molar-refractivity contribution in [1.82, 2.24) is 30.7 Å². The molecule has 0 spiro atoms. The third-order valence-corrected chi connectivity index (χ3v) is 7.43. The molecule has 2 heterocycles. The zero-order valence-corrected chi connectivity index (χ0v) is 26.2. The average Bonchev–Trinajstić information content (AvgIpc) is 3.10. The number of hydrazine groups is 3. The summed E-state index contributed by atoms with van der Waals surface area (Å²) in [5, 5.41) is 47.5. The van der Waals surface area contributed by atoms with Crippen molar-refractivity contribution >= 4 is 28.1 Å². The molecule has 1 aliphatic rings. The van der Waals surface area contributed by atoms with Crippen LogP contribution in [0, 0.1) is 36.2 Å². The first kappa shape index (κ1) is 34.3. The molecule has 0 unspecified atom stereocenters. The van der Waals surface area contributed by atoms with Crippen molar-refractivity contribution in [3.63, 3.8) is 0 Å². The zero-order chi connectivity index (χ0) is 36.1. The number of hydrogen-bond donors (Lipinski definition) is 2. The number of aromatic amines is 1. The van der Waals surface area contributed by atoms with Crippen LogP contribution in [0.25, 0.3) is 10.8 Å². The highest BCUT2D eigenvalue weighted by Crippen LogP contribution is 2.39. The fraction of sp³-hybridized carbons (Fsp3) is 0.250. The normalized spacial score (nSPS) is 13.1. The summed E-state index contributed by atoms with van der Waals surface area (Å²) < 4.78 is 14.9. The van der Waals surface area contributed by atoms with Gasteiger partial charge in [0, 0.05) is 31.0 Å². The Morgan fingerprint density at radius 2 is 1.64 bits per heavy atom. The fourth-order valence-corrected chi connectivity index (χ4v) is 4.87. The Labute approximate surface area is 279 Å². The highest BCUT2D eigenvalue weighted by Gasteiger charge is 2.33. The number of fused-ring (bicyclic) bond motifs is 1. The van der Waals surface area contributed by atoms with E-state index < -0.39 is 44.4 Å². The molecule has 0 radical (unpaired) electrons. The molecule has 2 N–H and O–H groups in total. The van der Waals surface area contributed by atoms with Gasteiger partial charge in [0.1, 0.15) is 11.9 Å². The number of nitrogens with zero attached hydrogens (tertiary/aromatic N) is 9. The lowest BCUT2D eigenvalue weighted by atomic mass is 10.0. The molecule has 1 amide bonds. The van der Waals surface area contributed by atoms with E-state index in [2.05, 4.69) is 15.5 Å². The van der Waals surface area contributed by atoms with Crippen LogP contribution >= 0.6 is 0 Å². The van der Waals surface area contributed by atoms with Crippen LogP contribution in [0.2, 0.25) is 0 Å². The molecule has 50 heavy (non-hydrogen) atoms. The van der Waals surface area contributed by atoms with Crippen molar-refractivity contribution in [3.8, 4) is 11.5 Å². The number of hydrogen-bond acceptors (Lipinski definition) is 12. The van der Waals surface area contributed by atoms with Gasteiger partial charge < -0.3 is 14.9 Å². The van der Waals surface area contributed by atoms with Crippen molar-refractivity contribution in [2.75, 3.05) is 40.3 Å². The summed E-state index contributed by atoms with van der Waals surface area (Å²) >= 11 is 0. The van der Waals surface area contributed by atoms with E-state index in [0.717, 1.165) is 16.1 Å². The number of H-pyrrole nitrogens is 1. The van der Waals surface area contributed by atoms with Crippen LogP contribution in [-0.4, -0.2) is 91.1 Å². The topological polar surface area (TPSA) is 248 Å². The van der Waals surface area contributed by atoms with Gasteiger partial charge >= 0.3 is 11.4 Å². The summed E-state index contributed by atoms with van der Waals surface area (Å²) in [6.45, 7) is -0.188. The van der Waals surface area contributed by atoms with Crippen LogP contribution < -0.4 is 20.8 Å². The molecular weight excluding hydrogens is 669 g/mol. The predicted octanol–water partition coefficient (Wildman–Crippen LogP) is 2.15. The summed E-state index contributed by atoms with van der Waals surface area (Å²) in [5.41, 5.74) is 0.634. The second kappa shape index (κ2) is 14.4. The Kier molecular flexibility index (Phi) is 9.90. The molecule has 0 bridgehead atoms. The number of nitroso groups, excluding NO2 is 1. The van der Waals surface area contributed by atoms with Gasteiger partial charge in [-0.2, -0.15) is 10.1 Å². The van der Waals surface area contributed by atoms with Crippen molar-refractivity contribution in [2.45, 2.75) is 6.42 Å². The summed E-state index contributed by atoms with van der Waals surface area (Å²) in [5.74, 6) is -2.78. The molecule has 0 atom stereocenters. The van der Waals surface area contributed by atoms with Crippen LogP contribution in [0.4, 0.5) is 15.8 Å². The van der Waals surface area contributed by atoms with E-state index in [1.165, 1.54) is 31.1 Å². The lowest BCUT2D eigenvalue weighted by Crippen LogP contribution is -2.54. The zero-order valence-electron chi connectivity index (χ0n) is 26.2. The molecule has 3 aromatic carbocycles. The van der Waals surface area contributed by atoms with Gasteiger partial charge in [-0.25, -0.2) is 9.49 Å². The SMILES string of the molecule is CN(C)/[N+]([O-])=N/Oc1cc(ON[N+](=O)N2CCN(C(=O)c3cc(Cc4n[nH]c(=O)c5ccccc45)ccc3F)CC2)c([N+](=O)[O-])cc1[N+](=O)[O-]. The Balaban J connectivity index is 1.24. The second-order valence-electron chi connectivity index (χ2n) is 10.8. The van der Waals surface area contributed by atoms with Crippen molar-refractivity contribution in [1.29, 1.82) is 0 Å². The number of nitro benzene ring substituents is 2. The van der Waals surface area contributed by atoms with E-state index >= 15 is 0 Å². The molecule has 21 nitrogen and oxygen atoms in total. The average molecular weight is 697 g/mol. The van der Waals surface area contributed by atoms with E-state index in [9.17, 15) is 44.3 Å². The van der Waals surface area contributed by atoms with E-state index in [0.29, 0.717) is 34.2 Å². The number of piperazine rings is 1. The van der Waals surface area contributed by atoms with E-state index in [4.69, 9.17) is 9.68 Å². The summed E-state index contributed by atoms with van der Waals surface area (Å²) in [7, 11) is 2.60. The predicted molar refractivity (Wildman–Crippen MR) is 167 cm³/mol. The van der Waals surface area contributed by atoms with Crippen LogP contribution in [0.3, 0.4) is 0 Å².